The van der Waals surface area contributed by atoms with E-state index >= 15 is 0 Å². The lowest BCUT2D eigenvalue weighted by Gasteiger charge is -2.13. The van der Waals surface area contributed by atoms with Crippen molar-refractivity contribution in [1.82, 2.24) is 30.2 Å². The third kappa shape index (κ3) is 39.5. The van der Waals surface area contributed by atoms with Crippen molar-refractivity contribution in [3.8, 4) is 80.3 Å². The van der Waals surface area contributed by atoms with Crippen LogP contribution < -0.4 is 52.9 Å². The Kier molecular flexibility index (Phi) is 48.0. The molecule has 10 aromatic rings. The highest BCUT2D eigenvalue weighted by Crippen LogP contribution is 2.44. The number of oxime groups is 2. The molecular weight excluding hydrogens is 2130 g/mol. The van der Waals surface area contributed by atoms with E-state index in [1.54, 1.807) is 67.8 Å². The van der Waals surface area contributed by atoms with Crippen molar-refractivity contribution in [2.45, 2.75) is 101 Å². The standard InChI is InChI=1S/C22H20Cl3F3N2O4.C22H18Cl3F3N2O4.C16H18Cl3NO4.C16H16Cl3NO4.C6H3ClF3N.C6H4F3NO/c2*1-31-21-16(9-15(10-17(21)23)32-8-6-19(24)25)18-11-14(34-30-18)3-2-7-33-20-5-4-13(12-29-20)22(26,27)28;2*1-22-16-12(14-9-10(24-20-14)3-2-5-21)7-11(8-13(16)17)23-6-4-15(18)19;7-5-2-1-4(3-11-5)6(8,9)10;7-6(8,9)4-1-2-5(11)10-3-4/h4-6,9-10,12,14H,2-3,7-8,11H2,1H3;4-6,9-12H,2-3,7-8H2,1H3;4,7-8,10,21H,2-3,5-6,9H2,1H3;4,7-9,21H,2-3,5-6H2,1H3;1-3H;1-3H,(H,10,11). The number of aromatic amines is 1. The number of pyridine rings is 4. The number of nitrogens with one attached hydrogen (secondary N) is 1. The fraction of sp³-hybridized carbons (Fsp3) is 0.318. The van der Waals surface area contributed by atoms with E-state index in [9.17, 15) is 57.5 Å². The summed E-state index contributed by atoms with van der Waals surface area (Å²) in [7, 11) is 6.05. The van der Waals surface area contributed by atoms with Gasteiger partial charge < -0.3 is 81.3 Å². The summed E-state index contributed by atoms with van der Waals surface area (Å²) in [6, 6.07) is 24.7. The first kappa shape index (κ1) is 115. The molecule has 0 amide bonds. The summed E-state index contributed by atoms with van der Waals surface area (Å²) in [4.78, 5) is 33.8. The molecule has 2 atom stereocenters. The molecule has 2 aliphatic rings. The number of aromatic nitrogens is 6. The molecule has 0 spiro atoms. The number of rotatable bonds is 36. The minimum absolute atomic E-state index is 0.0537. The van der Waals surface area contributed by atoms with Gasteiger partial charge in [-0.25, -0.2) is 15.0 Å². The molecule has 0 saturated carbocycles. The molecule has 0 bridgehead atoms. The summed E-state index contributed by atoms with van der Waals surface area (Å²) < 4.78 is 212. The second-order valence-electron chi connectivity index (χ2n) is 27.7. The van der Waals surface area contributed by atoms with Gasteiger partial charge in [0.05, 0.1) is 107 Å². The maximum absolute atomic E-state index is 12.6. The monoisotopic (exact) mass is 2200 g/mol. The van der Waals surface area contributed by atoms with Crippen molar-refractivity contribution >= 4 is 162 Å². The number of benzene rings is 4. The first-order valence-electron chi connectivity index (χ1n) is 39.9. The topological polar surface area (TPSA) is 300 Å². The summed E-state index contributed by atoms with van der Waals surface area (Å²) >= 11 is 75.1. The molecule has 8 heterocycles. The van der Waals surface area contributed by atoms with Crippen LogP contribution in [0.25, 0.3) is 22.5 Å². The number of ether oxygens (including phenoxy) is 10. The van der Waals surface area contributed by atoms with Gasteiger partial charge in [0, 0.05) is 129 Å². The van der Waals surface area contributed by atoms with Crippen LogP contribution in [0.2, 0.25) is 25.2 Å². The predicted molar refractivity (Wildman–Crippen MR) is 501 cm³/mol. The molecule has 25 nitrogen and oxygen atoms in total. The van der Waals surface area contributed by atoms with Crippen molar-refractivity contribution in [3.05, 3.63) is 257 Å². The van der Waals surface area contributed by atoms with Crippen molar-refractivity contribution < 1.29 is 129 Å². The molecule has 2 aliphatic heterocycles. The van der Waals surface area contributed by atoms with Crippen LogP contribution in [0, 0.1) is 0 Å². The average Bonchev–Trinajstić information content (AvgIpc) is 1.74. The third-order valence-electron chi connectivity index (χ3n) is 17.9. The van der Waals surface area contributed by atoms with E-state index < -0.39 is 52.5 Å². The lowest BCUT2D eigenvalue weighted by atomic mass is 10.0. The van der Waals surface area contributed by atoms with E-state index in [4.69, 9.17) is 227 Å². The van der Waals surface area contributed by atoms with E-state index in [1.165, 1.54) is 57.8 Å². The van der Waals surface area contributed by atoms with Crippen LogP contribution in [0.1, 0.15) is 96.3 Å². The fourth-order valence-electron chi connectivity index (χ4n) is 11.5. The van der Waals surface area contributed by atoms with Crippen LogP contribution in [0.4, 0.5) is 52.7 Å². The van der Waals surface area contributed by atoms with E-state index in [2.05, 4.69) is 35.6 Å². The van der Waals surface area contributed by atoms with Gasteiger partial charge in [0.2, 0.25) is 17.3 Å². The zero-order valence-electron chi connectivity index (χ0n) is 72.0. The summed E-state index contributed by atoms with van der Waals surface area (Å²) in [6.45, 7) is 1.42. The van der Waals surface area contributed by atoms with Gasteiger partial charge in [-0.1, -0.05) is 171 Å². The zero-order valence-corrected chi connectivity index (χ0v) is 81.8. The number of aliphatic hydroxyl groups is 2. The molecule has 3 N–H and O–H groups in total. The van der Waals surface area contributed by atoms with Crippen molar-refractivity contribution in [3.63, 3.8) is 0 Å². The largest absolute Gasteiger partial charge is 0.494 e. The minimum atomic E-state index is -4.44. The number of hydrogen-bond donors (Lipinski definition) is 3. The van der Waals surface area contributed by atoms with Crippen LogP contribution in [0.5, 0.6) is 57.8 Å². The summed E-state index contributed by atoms with van der Waals surface area (Å²) in [5.74, 6) is 5.29. The highest BCUT2D eigenvalue weighted by Gasteiger charge is 2.35. The molecule has 138 heavy (non-hydrogen) atoms. The molecular formula is C88H79Cl13F12N8O17. The highest BCUT2D eigenvalue weighted by atomic mass is 35.5. The Balaban J connectivity index is 0.000000235. The lowest BCUT2D eigenvalue weighted by Crippen LogP contribution is -2.12. The van der Waals surface area contributed by atoms with Crippen LogP contribution >= 0.6 is 151 Å². The SMILES string of the molecule is COc1c(Cl)cc(OCC=C(Cl)Cl)cc1-c1cc(CCCO)on1.COc1c(Cl)cc(OCC=C(Cl)Cl)cc1-c1cc(CCCOc2ccc(C(F)(F)F)cn2)on1.COc1c(Cl)cc(OCC=C(Cl)Cl)cc1C1=NOC(CCCO)C1.COc1c(Cl)cc(OCC=C(Cl)Cl)cc1C1=NOC(CCCOc2ccc(C(F)(F)F)cn2)C1.FC(F)(F)c1ccc(Cl)nc1.O=c1ccc(C(F)(F)F)c[nH]1. The van der Waals surface area contributed by atoms with Gasteiger partial charge >= 0.3 is 24.7 Å². The molecule has 0 saturated heterocycles. The first-order valence-corrected chi connectivity index (χ1v) is 44.8. The van der Waals surface area contributed by atoms with E-state index in [0.29, 0.717) is 187 Å². The molecule has 0 fully saturated rings. The average molecular weight is 2210 g/mol. The van der Waals surface area contributed by atoms with Crippen LogP contribution in [-0.4, -0.2) is 145 Å². The Morgan fingerprint density at radius 2 is 0.746 bits per heavy atom. The van der Waals surface area contributed by atoms with E-state index in [-0.39, 0.29) is 99.9 Å². The highest BCUT2D eigenvalue weighted by molar-refractivity contribution is 6.57. The summed E-state index contributed by atoms with van der Waals surface area (Å²) in [6.07, 6.45) is -3.13. The Morgan fingerprint density at radius 3 is 1.07 bits per heavy atom. The van der Waals surface area contributed by atoms with E-state index in [1.807, 2.05) is 4.98 Å². The molecule has 0 radical (unpaired) electrons. The van der Waals surface area contributed by atoms with E-state index in [0.717, 1.165) is 60.9 Å². The van der Waals surface area contributed by atoms with Gasteiger partial charge in [0.1, 0.15) is 131 Å². The summed E-state index contributed by atoms with van der Waals surface area (Å²) in [5, 5.41) is 35.7. The van der Waals surface area contributed by atoms with Gasteiger partial charge in [0.15, 0.2) is 0 Å². The maximum Gasteiger partial charge on any atom is 0.417 e. The number of methoxy groups -OCH3 is 4. The molecule has 0 aliphatic carbocycles. The van der Waals surface area contributed by atoms with Gasteiger partial charge in [0.25, 0.3) is 0 Å². The number of aliphatic hydroxyl groups excluding tert-OH is 2. The number of alkyl halides is 12. The quantitative estimate of drug-likeness (QED) is 0.0187. The normalized spacial score (nSPS) is 13.1. The number of halogens is 25. The minimum Gasteiger partial charge on any atom is -0.494 e. The van der Waals surface area contributed by atoms with Gasteiger partial charge in [-0.05, 0) is 117 Å². The molecule has 4 aromatic carbocycles. The van der Waals surface area contributed by atoms with Crippen LogP contribution in [-0.2, 0) is 47.2 Å². The van der Waals surface area contributed by atoms with Crippen LogP contribution in [0.15, 0.2) is 200 Å². The van der Waals surface area contributed by atoms with Gasteiger partial charge in [-0.2, -0.15) is 52.7 Å². The van der Waals surface area contributed by atoms with Crippen molar-refractivity contribution in [2.75, 3.05) is 81.3 Å². The summed E-state index contributed by atoms with van der Waals surface area (Å²) in [5.41, 5.74) is 1.13. The Bertz CT molecular complexity index is 5770. The molecule has 6 aromatic heterocycles. The Labute approximate surface area is 845 Å². The Morgan fingerprint density at radius 1 is 0.413 bits per heavy atom. The predicted octanol–water partition coefficient (Wildman–Crippen LogP) is 27.0. The van der Waals surface area contributed by atoms with Crippen molar-refractivity contribution in [2.24, 2.45) is 10.3 Å². The number of aryl methyl sites for hydroxylation is 2. The fourth-order valence-corrected chi connectivity index (χ4v) is 13.3. The number of H-pyrrole nitrogens is 1. The number of nitrogens with zero attached hydrogens (tertiary/aromatic N) is 7. The third-order valence-corrected chi connectivity index (χ3v) is 20.5. The van der Waals surface area contributed by atoms with Gasteiger partial charge in [-0.3, -0.25) is 4.79 Å². The molecule has 748 valence electrons. The number of hydrogen-bond acceptors (Lipinski definition) is 24. The van der Waals surface area contributed by atoms with Gasteiger partial charge in [-0.15, -0.1) is 0 Å². The second kappa shape index (κ2) is 57.4. The second-order valence-corrected chi connectivity index (χ2v) is 33.7. The molecule has 50 heteroatoms. The zero-order chi connectivity index (χ0) is 101. The first-order chi connectivity index (χ1) is 65.4. The molecule has 12 rings (SSSR count). The Hall–Kier alpha value is -9.55. The lowest BCUT2D eigenvalue weighted by molar-refractivity contribution is -0.138. The maximum atomic E-state index is 12.6. The van der Waals surface area contributed by atoms with Crippen molar-refractivity contribution in [1.29, 1.82) is 0 Å². The van der Waals surface area contributed by atoms with Crippen LogP contribution in [0.3, 0.4) is 0 Å². The molecule has 2 unspecified atom stereocenters. The smallest absolute Gasteiger partial charge is 0.417 e.